The number of piperazine rings is 1. The van der Waals surface area contributed by atoms with Gasteiger partial charge in [0.15, 0.2) is 0 Å². The van der Waals surface area contributed by atoms with Gasteiger partial charge in [-0.15, -0.1) is 0 Å². The Morgan fingerprint density at radius 3 is 2.29 bits per heavy atom. The third-order valence-electron chi connectivity index (χ3n) is 5.13. The van der Waals surface area contributed by atoms with Crippen LogP contribution in [0.3, 0.4) is 0 Å². The molecule has 0 aromatic heterocycles. The lowest BCUT2D eigenvalue weighted by molar-refractivity contribution is 0.0698. The molecule has 0 spiro atoms. The van der Waals surface area contributed by atoms with Crippen LogP contribution in [0.5, 0.6) is 0 Å². The van der Waals surface area contributed by atoms with Crippen LogP contribution in [0.4, 0.5) is 11.4 Å². The maximum Gasteiger partial charge on any atom is 0.337 e. The van der Waals surface area contributed by atoms with Crippen molar-refractivity contribution >= 4 is 27.4 Å². The molecule has 0 unspecified atom stereocenters. The van der Waals surface area contributed by atoms with Gasteiger partial charge >= 0.3 is 5.97 Å². The molecular weight excluding hydrogens is 378 g/mol. The lowest BCUT2D eigenvalue weighted by atomic mass is 10.1. The SMILES string of the molecule is Cc1ccc(S(=O)(=O)Nc2ccc(N3CCN(C)CC3)cc2C(=O)O)cc1C. The number of rotatable bonds is 5. The predicted octanol–water partition coefficient (Wildman–Crippen LogP) is 2.55. The van der Waals surface area contributed by atoms with Gasteiger partial charge in [0, 0.05) is 31.9 Å². The Kier molecular flexibility index (Phi) is 5.62. The monoisotopic (exact) mass is 403 g/mol. The Morgan fingerprint density at radius 1 is 1.00 bits per heavy atom. The molecule has 0 amide bonds. The number of nitrogens with zero attached hydrogens (tertiary/aromatic N) is 2. The molecule has 2 N–H and O–H groups in total. The zero-order chi connectivity index (χ0) is 20.5. The summed E-state index contributed by atoms with van der Waals surface area (Å²) in [7, 11) is -1.84. The molecule has 1 heterocycles. The fourth-order valence-electron chi connectivity index (χ4n) is 3.14. The highest BCUT2D eigenvalue weighted by atomic mass is 32.2. The first-order valence-corrected chi connectivity index (χ1v) is 10.6. The first kappa shape index (κ1) is 20.2. The van der Waals surface area contributed by atoms with Gasteiger partial charge in [-0.3, -0.25) is 4.72 Å². The standard InChI is InChI=1S/C20H25N3O4S/c1-14-4-6-17(12-15(14)2)28(26,27)21-19-7-5-16(13-18(19)20(24)25)23-10-8-22(3)9-11-23/h4-7,12-13,21H,8-11H2,1-3H3,(H,24,25). The van der Waals surface area contributed by atoms with Crippen molar-refractivity contribution in [3.63, 3.8) is 0 Å². The second kappa shape index (κ2) is 7.81. The normalized spacial score (nSPS) is 15.5. The number of aryl methyl sites for hydroxylation is 2. The van der Waals surface area contributed by atoms with Gasteiger partial charge in [0.1, 0.15) is 0 Å². The minimum Gasteiger partial charge on any atom is -0.478 e. The van der Waals surface area contributed by atoms with Crippen molar-refractivity contribution in [2.45, 2.75) is 18.7 Å². The summed E-state index contributed by atoms with van der Waals surface area (Å²) >= 11 is 0. The van der Waals surface area contributed by atoms with Gasteiger partial charge in [-0.05, 0) is 62.4 Å². The Balaban J connectivity index is 1.90. The van der Waals surface area contributed by atoms with Crippen LogP contribution in [0, 0.1) is 13.8 Å². The largest absolute Gasteiger partial charge is 0.478 e. The summed E-state index contributed by atoms with van der Waals surface area (Å²) in [6.07, 6.45) is 0. The lowest BCUT2D eigenvalue weighted by Crippen LogP contribution is -2.44. The smallest absolute Gasteiger partial charge is 0.337 e. The van der Waals surface area contributed by atoms with Gasteiger partial charge in [-0.1, -0.05) is 6.07 Å². The second-order valence-corrected chi connectivity index (χ2v) is 8.86. The molecule has 2 aromatic rings. The molecule has 7 nitrogen and oxygen atoms in total. The fraction of sp³-hybridized carbons (Fsp3) is 0.350. The Labute approximate surface area is 165 Å². The van der Waals surface area contributed by atoms with Crippen molar-refractivity contribution in [1.82, 2.24) is 4.90 Å². The minimum atomic E-state index is -3.89. The first-order valence-electron chi connectivity index (χ1n) is 9.08. The molecule has 1 saturated heterocycles. The zero-order valence-electron chi connectivity index (χ0n) is 16.3. The van der Waals surface area contributed by atoms with Crippen LogP contribution in [0.15, 0.2) is 41.3 Å². The van der Waals surface area contributed by atoms with Crippen molar-refractivity contribution < 1.29 is 18.3 Å². The van der Waals surface area contributed by atoms with Gasteiger partial charge in [-0.2, -0.15) is 0 Å². The average Bonchev–Trinajstić information content (AvgIpc) is 2.64. The molecule has 28 heavy (non-hydrogen) atoms. The number of sulfonamides is 1. The van der Waals surface area contributed by atoms with Crippen LogP contribution in [0.25, 0.3) is 0 Å². The number of hydrogen-bond donors (Lipinski definition) is 2. The average molecular weight is 404 g/mol. The van der Waals surface area contributed by atoms with Crippen molar-refractivity contribution in [2.24, 2.45) is 0 Å². The van der Waals surface area contributed by atoms with E-state index in [-0.39, 0.29) is 16.1 Å². The van der Waals surface area contributed by atoms with E-state index in [4.69, 9.17) is 0 Å². The van der Waals surface area contributed by atoms with Crippen molar-refractivity contribution in [3.8, 4) is 0 Å². The minimum absolute atomic E-state index is 0.0589. The molecule has 0 saturated carbocycles. The molecule has 3 rings (SSSR count). The Bertz CT molecular complexity index is 997. The van der Waals surface area contributed by atoms with E-state index in [0.717, 1.165) is 43.0 Å². The summed E-state index contributed by atoms with van der Waals surface area (Å²) in [6.45, 7) is 7.11. The van der Waals surface area contributed by atoms with E-state index >= 15 is 0 Å². The number of aromatic carboxylic acids is 1. The number of nitrogens with one attached hydrogen (secondary N) is 1. The molecule has 2 aromatic carbocycles. The van der Waals surface area contributed by atoms with Crippen LogP contribution in [-0.4, -0.2) is 57.6 Å². The summed E-state index contributed by atoms with van der Waals surface area (Å²) in [6, 6.07) is 9.65. The maximum atomic E-state index is 12.7. The summed E-state index contributed by atoms with van der Waals surface area (Å²) in [5, 5.41) is 9.62. The second-order valence-electron chi connectivity index (χ2n) is 7.18. The molecule has 0 aliphatic carbocycles. The highest BCUT2D eigenvalue weighted by Gasteiger charge is 2.21. The quantitative estimate of drug-likeness (QED) is 0.798. The van der Waals surface area contributed by atoms with Crippen molar-refractivity contribution in [1.29, 1.82) is 0 Å². The topological polar surface area (TPSA) is 90.0 Å². The van der Waals surface area contributed by atoms with Crippen molar-refractivity contribution in [2.75, 3.05) is 42.8 Å². The fourth-order valence-corrected chi connectivity index (χ4v) is 4.31. The van der Waals surface area contributed by atoms with Crippen molar-refractivity contribution in [3.05, 3.63) is 53.1 Å². The van der Waals surface area contributed by atoms with E-state index in [1.165, 1.54) is 18.2 Å². The van der Waals surface area contributed by atoms with E-state index in [9.17, 15) is 18.3 Å². The molecular formula is C20H25N3O4S. The summed E-state index contributed by atoms with van der Waals surface area (Å²) in [5.74, 6) is -1.17. The van der Waals surface area contributed by atoms with Crippen LogP contribution < -0.4 is 9.62 Å². The molecule has 0 radical (unpaired) electrons. The number of benzene rings is 2. The number of carbonyl (C=O) groups is 1. The third kappa shape index (κ3) is 4.28. The highest BCUT2D eigenvalue weighted by Crippen LogP contribution is 2.27. The Morgan fingerprint density at radius 2 is 1.68 bits per heavy atom. The van der Waals surface area contributed by atoms with Gasteiger partial charge < -0.3 is 14.9 Å². The van der Waals surface area contributed by atoms with Gasteiger partial charge in [0.05, 0.1) is 16.1 Å². The van der Waals surface area contributed by atoms with Gasteiger partial charge in [-0.25, -0.2) is 13.2 Å². The summed E-state index contributed by atoms with van der Waals surface area (Å²) < 4.78 is 27.9. The Hall–Kier alpha value is -2.58. The molecule has 0 bridgehead atoms. The van der Waals surface area contributed by atoms with Gasteiger partial charge in [0.2, 0.25) is 0 Å². The summed E-state index contributed by atoms with van der Waals surface area (Å²) in [4.78, 5) is 16.2. The van der Waals surface area contributed by atoms with Crippen LogP contribution in [0.2, 0.25) is 0 Å². The van der Waals surface area contributed by atoms with E-state index in [1.54, 1.807) is 18.2 Å². The predicted molar refractivity (Wildman–Crippen MR) is 110 cm³/mol. The number of anilines is 2. The number of likely N-dealkylation sites (N-methyl/N-ethyl adjacent to an activating group) is 1. The van der Waals surface area contributed by atoms with Gasteiger partial charge in [0.25, 0.3) is 10.0 Å². The van der Waals surface area contributed by atoms with E-state index < -0.39 is 16.0 Å². The van der Waals surface area contributed by atoms with E-state index in [1.807, 2.05) is 20.9 Å². The number of carboxylic acids is 1. The number of hydrogen-bond acceptors (Lipinski definition) is 5. The molecule has 150 valence electrons. The van der Waals surface area contributed by atoms with Crippen LogP contribution >= 0.6 is 0 Å². The molecule has 1 fully saturated rings. The van der Waals surface area contributed by atoms with Crippen LogP contribution in [-0.2, 0) is 10.0 Å². The zero-order valence-corrected chi connectivity index (χ0v) is 17.1. The molecule has 0 atom stereocenters. The molecule has 1 aliphatic heterocycles. The molecule has 8 heteroatoms. The maximum absolute atomic E-state index is 12.7. The molecule has 1 aliphatic rings. The van der Waals surface area contributed by atoms with Crippen LogP contribution in [0.1, 0.15) is 21.5 Å². The third-order valence-corrected chi connectivity index (χ3v) is 6.50. The summed E-state index contributed by atoms with van der Waals surface area (Å²) in [5.41, 5.74) is 2.61. The first-order chi connectivity index (χ1) is 13.2. The highest BCUT2D eigenvalue weighted by molar-refractivity contribution is 7.92. The van der Waals surface area contributed by atoms with E-state index in [0.29, 0.717) is 0 Å². The van der Waals surface area contributed by atoms with E-state index in [2.05, 4.69) is 14.5 Å². The number of carboxylic acid groups (broad SMARTS) is 1. The lowest BCUT2D eigenvalue weighted by Gasteiger charge is -2.34.